The molecule has 104 valence electrons. The van der Waals surface area contributed by atoms with Crippen LogP contribution in [0.15, 0.2) is 42.7 Å². The lowest BCUT2D eigenvalue weighted by molar-refractivity contribution is 0.112. The van der Waals surface area contributed by atoms with Crippen molar-refractivity contribution in [2.45, 2.75) is 6.92 Å². The van der Waals surface area contributed by atoms with Crippen LogP contribution in [0.5, 0.6) is 0 Å². The van der Waals surface area contributed by atoms with Gasteiger partial charge in [-0.15, -0.1) is 0 Å². The molecule has 2 heterocycles. The van der Waals surface area contributed by atoms with E-state index in [2.05, 4.69) is 15.1 Å². The summed E-state index contributed by atoms with van der Waals surface area (Å²) < 4.78 is 1.55. The predicted octanol–water partition coefficient (Wildman–Crippen LogP) is 3.10. The van der Waals surface area contributed by atoms with Crippen molar-refractivity contribution >= 4 is 17.9 Å². The summed E-state index contributed by atoms with van der Waals surface area (Å²) >= 11 is 5.83. The number of hydrogen-bond acceptors (Lipinski definition) is 4. The minimum atomic E-state index is 0.139. The minimum Gasteiger partial charge on any atom is -0.298 e. The molecule has 0 aliphatic heterocycles. The third kappa shape index (κ3) is 2.55. The average Bonchev–Trinajstić information content (AvgIpc) is 2.94. The van der Waals surface area contributed by atoms with E-state index in [1.54, 1.807) is 17.1 Å². The Hall–Kier alpha value is -2.53. The number of benzene rings is 1. The van der Waals surface area contributed by atoms with Gasteiger partial charge in [0.2, 0.25) is 5.28 Å². The van der Waals surface area contributed by atoms with Crippen molar-refractivity contribution < 1.29 is 4.79 Å². The summed E-state index contributed by atoms with van der Waals surface area (Å²) in [7, 11) is 0. The third-order valence-corrected chi connectivity index (χ3v) is 3.23. The number of carbonyl (C=O) groups excluding carboxylic acids is 1. The largest absolute Gasteiger partial charge is 0.298 e. The maximum Gasteiger partial charge on any atom is 0.224 e. The van der Waals surface area contributed by atoms with Crippen LogP contribution in [-0.4, -0.2) is 26.0 Å². The number of hydrogen-bond donors (Lipinski definition) is 0. The zero-order valence-electron chi connectivity index (χ0n) is 11.2. The topological polar surface area (TPSA) is 60.7 Å². The molecule has 2 aromatic heterocycles. The predicted molar refractivity (Wildman–Crippen MR) is 79.7 cm³/mol. The lowest BCUT2D eigenvalue weighted by Crippen LogP contribution is -2.02. The van der Waals surface area contributed by atoms with E-state index < -0.39 is 0 Å². The Balaban J connectivity index is 2.16. The fourth-order valence-corrected chi connectivity index (χ4v) is 2.18. The van der Waals surface area contributed by atoms with Gasteiger partial charge in [-0.1, -0.05) is 30.3 Å². The third-order valence-electron chi connectivity index (χ3n) is 3.05. The lowest BCUT2D eigenvalue weighted by Gasteiger charge is -2.04. The molecule has 0 N–H and O–H groups in total. The maximum absolute atomic E-state index is 11.3. The molecule has 0 fully saturated rings. The molecule has 21 heavy (non-hydrogen) atoms. The number of aldehydes is 1. The molecule has 0 unspecified atom stereocenters. The van der Waals surface area contributed by atoms with Gasteiger partial charge in [-0.2, -0.15) is 10.1 Å². The fourth-order valence-electron chi connectivity index (χ4n) is 2.05. The van der Waals surface area contributed by atoms with Gasteiger partial charge in [0.15, 0.2) is 12.1 Å². The molecule has 6 heteroatoms. The Labute approximate surface area is 126 Å². The summed E-state index contributed by atoms with van der Waals surface area (Å²) in [6.45, 7) is 1.86. The Morgan fingerprint density at radius 3 is 2.71 bits per heavy atom. The first-order valence-corrected chi connectivity index (χ1v) is 6.66. The van der Waals surface area contributed by atoms with E-state index in [-0.39, 0.29) is 5.28 Å². The van der Waals surface area contributed by atoms with E-state index in [4.69, 9.17) is 11.6 Å². The first-order chi connectivity index (χ1) is 10.2. The summed E-state index contributed by atoms with van der Waals surface area (Å²) in [6, 6.07) is 9.51. The molecule has 0 saturated carbocycles. The van der Waals surface area contributed by atoms with Crippen LogP contribution in [0.4, 0.5) is 0 Å². The summed E-state index contributed by atoms with van der Waals surface area (Å²) in [4.78, 5) is 19.4. The van der Waals surface area contributed by atoms with E-state index in [1.165, 1.54) is 0 Å². The van der Waals surface area contributed by atoms with Gasteiger partial charge in [-0.05, 0) is 18.5 Å². The van der Waals surface area contributed by atoms with Gasteiger partial charge in [0.1, 0.15) is 5.69 Å². The first-order valence-electron chi connectivity index (χ1n) is 6.29. The molecule has 0 amide bonds. The molecular weight excluding hydrogens is 288 g/mol. The summed E-state index contributed by atoms with van der Waals surface area (Å²) in [6.07, 6.45) is 4.04. The van der Waals surface area contributed by atoms with Crippen LogP contribution in [0.25, 0.3) is 17.1 Å². The Bertz CT molecular complexity index is 799. The Morgan fingerprint density at radius 1 is 1.24 bits per heavy atom. The van der Waals surface area contributed by atoms with Crippen molar-refractivity contribution in [2.24, 2.45) is 0 Å². The number of aromatic nitrogens is 4. The van der Waals surface area contributed by atoms with Crippen molar-refractivity contribution in [1.29, 1.82) is 0 Å². The molecule has 0 saturated heterocycles. The van der Waals surface area contributed by atoms with Crippen LogP contribution >= 0.6 is 11.6 Å². The van der Waals surface area contributed by atoms with Crippen LogP contribution in [0.1, 0.15) is 15.9 Å². The van der Waals surface area contributed by atoms with Crippen molar-refractivity contribution in [2.75, 3.05) is 0 Å². The van der Waals surface area contributed by atoms with Gasteiger partial charge in [-0.25, -0.2) is 9.67 Å². The quantitative estimate of drug-likeness (QED) is 0.550. The number of halogens is 1. The number of rotatable bonds is 3. The fraction of sp³-hybridized carbons (Fsp3) is 0.0667. The van der Waals surface area contributed by atoms with Gasteiger partial charge in [0.25, 0.3) is 0 Å². The van der Waals surface area contributed by atoms with E-state index in [9.17, 15) is 4.79 Å². The zero-order valence-corrected chi connectivity index (χ0v) is 11.9. The standard InChI is InChI=1S/C15H11ClN4O/c1-10-7-17-15(16)18-14(10)20-8-12(9-21)13(19-20)11-5-3-2-4-6-11/h2-9H,1H3. The monoisotopic (exact) mass is 298 g/mol. The van der Waals surface area contributed by atoms with Crippen molar-refractivity contribution in [3.8, 4) is 17.1 Å². The maximum atomic E-state index is 11.3. The minimum absolute atomic E-state index is 0.139. The van der Waals surface area contributed by atoms with Crippen LogP contribution < -0.4 is 0 Å². The molecule has 0 atom stereocenters. The smallest absolute Gasteiger partial charge is 0.224 e. The van der Waals surface area contributed by atoms with Crippen LogP contribution in [0.3, 0.4) is 0 Å². The molecule has 3 rings (SSSR count). The van der Waals surface area contributed by atoms with E-state index in [0.717, 1.165) is 17.4 Å². The van der Waals surface area contributed by atoms with Crippen molar-refractivity contribution in [3.05, 3.63) is 59.1 Å². The highest BCUT2D eigenvalue weighted by Crippen LogP contribution is 2.22. The van der Waals surface area contributed by atoms with Crippen LogP contribution in [0, 0.1) is 6.92 Å². The van der Waals surface area contributed by atoms with Gasteiger partial charge in [-0.3, -0.25) is 4.79 Å². The summed E-state index contributed by atoms with van der Waals surface area (Å²) in [5, 5.41) is 4.60. The van der Waals surface area contributed by atoms with Crippen molar-refractivity contribution in [3.63, 3.8) is 0 Å². The highest BCUT2D eigenvalue weighted by molar-refractivity contribution is 6.28. The molecule has 0 aliphatic rings. The molecule has 0 radical (unpaired) electrons. The number of carbonyl (C=O) groups is 1. The van der Waals surface area contributed by atoms with Gasteiger partial charge < -0.3 is 0 Å². The van der Waals surface area contributed by atoms with Gasteiger partial charge >= 0.3 is 0 Å². The number of aryl methyl sites for hydroxylation is 1. The second-order valence-electron chi connectivity index (χ2n) is 4.51. The van der Waals surface area contributed by atoms with E-state index in [1.807, 2.05) is 37.3 Å². The first kappa shape index (κ1) is 13.5. The Kier molecular flexibility index (Phi) is 3.50. The molecule has 0 spiro atoms. The number of nitrogens with zero attached hydrogens (tertiary/aromatic N) is 4. The molecule has 3 aromatic rings. The molecule has 0 bridgehead atoms. The Morgan fingerprint density at radius 2 is 2.00 bits per heavy atom. The van der Waals surface area contributed by atoms with Crippen LogP contribution in [-0.2, 0) is 0 Å². The molecule has 5 nitrogen and oxygen atoms in total. The van der Waals surface area contributed by atoms with Gasteiger partial charge in [0.05, 0.1) is 5.56 Å². The SMILES string of the molecule is Cc1cnc(Cl)nc1-n1cc(C=O)c(-c2ccccc2)n1. The van der Waals surface area contributed by atoms with Gasteiger partial charge in [0, 0.05) is 23.5 Å². The van der Waals surface area contributed by atoms with Crippen molar-refractivity contribution in [1.82, 2.24) is 19.7 Å². The highest BCUT2D eigenvalue weighted by Gasteiger charge is 2.13. The van der Waals surface area contributed by atoms with Crippen LogP contribution in [0.2, 0.25) is 5.28 Å². The normalized spacial score (nSPS) is 10.6. The summed E-state index contributed by atoms with van der Waals surface area (Å²) in [5.41, 5.74) is 2.80. The second-order valence-corrected chi connectivity index (χ2v) is 4.85. The second kappa shape index (κ2) is 5.46. The summed E-state index contributed by atoms with van der Waals surface area (Å²) in [5.74, 6) is 0.556. The molecular formula is C15H11ClN4O. The lowest BCUT2D eigenvalue weighted by atomic mass is 10.1. The molecule has 0 aliphatic carbocycles. The zero-order chi connectivity index (χ0) is 14.8. The molecule has 1 aromatic carbocycles. The average molecular weight is 299 g/mol. The van der Waals surface area contributed by atoms with E-state index in [0.29, 0.717) is 17.1 Å². The highest BCUT2D eigenvalue weighted by atomic mass is 35.5. The van der Waals surface area contributed by atoms with E-state index >= 15 is 0 Å².